The molecular formula is C11H19NO2. The Balaban J connectivity index is 1.89. The number of rotatable bonds is 0. The van der Waals surface area contributed by atoms with Crippen LogP contribution in [0.2, 0.25) is 0 Å². The van der Waals surface area contributed by atoms with Gasteiger partial charge in [-0.25, -0.2) is 4.79 Å². The molecule has 14 heavy (non-hydrogen) atoms. The summed E-state index contributed by atoms with van der Waals surface area (Å²) in [4.78, 5) is 12.2. The van der Waals surface area contributed by atoms with Gasteiger partial charge in [0.25, 0.3) is 0 Å². The van der Waals surface area contributed by atoms with Crippen LogP contribution in [0, 0.1) is 10.8 Å². The SMILES string of the molecule is CC1(C)CCC2(CC1)CN(C(=O)O)C2. The molecule has 2 rings (SSSR count). The van der Waals surface area contributed by atoms with Crippen LogP contribution in [0.1, 0.15) is 39.5 Å². The molecule has 0 aromatic heterocycles. The molecule has 1 amide bonds. The van der Waals surface area contributed by atoms with Crippen molar-refractivity contribution in [3.05, 3.63) is 0 Å². The van der Waals surface area contributed by atoms with Crippen molar-refractivity contribution in [1.82, 2.24) is 4.90 Å². The minimum atomic E-state index is -0.750. The summed E-state index contributed by atoms with van der Waals surface area (Å²) < 4.78 is 0. The monoisotopic (exact) mass is 197 g/mol. The molecule has 2 fully saturated rings. The van der Waals surface area contributed by atoms with Crippen molar-refractivity contribution in [3.8, 4) is 0 Å². The predicted molar refractivity (Wildman–Crippen MR) is 54.3 cm³/mol. The van der Waals surface area contributed by atoms with Crippen LogP contribution < -0.4 is 0 Å². The van der Waals surface area contributed by atoms with Gasteiger partial charge in [0.1, 0.15) is 0 Å². The molecule has 0 aromatic carbocycles. The van der Waals surface area contributed by atoms with E-state index in [2.05, 4.69) is 13.8 Å². The third-order valence-corrected chi connectivity index (χ3v) is 3.99. The Morgan fingerprint density at radius 2 is 1.64 bits per heavy atom. The molecule has 1 heterocycles. The Hall–Kier alpha value is -0.730. The number of amides is 1. The van der Waals surface area contributed by atoms with Gasteiger partial charge in [0, 0.05) is 18.5 Å². The Bertz CT molecular complexity index is 242. The Kier molecular flexibility index (Phi) is 2.02. The second-order valence-corrected chi connectivity index (χ2v) is 5.80. The van der Waals surface area contributed by atoms with Crippen LogP contribution in [0.5, 0.6) is 0 Å². The lowest BCUT2D eigenvalue weighted by Gasteiger charge is -2.53. The van der Waals surface area contributed by atoms with E-state index >= 15 is 0 Å². The largest absolute Gasteiger partial charge is 0.465 e. The van der Waals surface area contributed by atoms with Gasteiger partial charge in [0.05, 0.1) is 0 Å². The van der Waals surface area contributed by atoms with Gasteiger partial charge >= 0.3 is 6.09 Å². The van der Waals surface area contributed by atoms with Gasteiger partial charge in [-0.1, -0.05) is 13.8 Å². The van der Waals surface area contributed by atoms with Crippen molar-refractivity contribution in [2.45, 2.75) is 39.5 Å². The third kappa shape index (κ3) is 1.60. The van der Waals surface area contributed by atoms with Gasteiger partial charge in [0.15, 0.2) is 0 Å². The lowest BCUT2D eigenvalue weighted by molar-refractivity contribution is -0.0374. The van der Waals surface area contributed by atoms with Gasteiger partial charge in [-0.15, -0.1) is 0 Å². The van der Waals surface area contributed by atoms with Crippen LogP contribution >= 0.6 is 0 Å². The molecule has 1 spiro atoms. The maximum atomic E-state index is 10.7. The van der Waals surface area contributed by atoms with Crippen LogP contribution in [-0.2, 0) is 0 Å². The summed E-state index contributed by atoms with van der Waals surface area (Å²) in [5.74, 6) is 0. The highest BCUT2D eigenvalue weighted by Gasteiger charge is 2.48. The summed E-state index contributed by atoms with van der Waals surface area (Å²) in [5, 5.41) is 8.78. The van der Waals surface area contributed by atoms with Gasteiger partial charge in [-0.2, -0.15) is 0 Å². The number of hydrogen-bond donors (Lipinski definition) is 1. The highest BCUT2D eigenvalue weighted by atomic mass is 16.4. The van der Waals surface area contributed by atoms with Crippen molar-refractivity contribution >= 4 is 6.09 Å². The standard InChI is InChI=1S/C11H19NO2/c1-10(2)3-5-11(6-4-10)7-12(8-11)9(13)14/h3-8H2,1-2H3,(H,13,14). The molecule has 0 atom stereocenters. The quantitative estimate of drug-likeness (QED) is 0.648. The average molecular weight is 197 g/mol. The topological polar surface area (TPSA) is 40.5 Å². The zero-order valence-electron chi connectivity index (χ0n) is 9.05. The van der Waals surface area contributed by atoms with Crippen LogP contribution in [0.4, 0.5) is 4.79 Å². The van der Waals surface area contributed by atoms with Crippen molar-refractivity contribution in [1.29, 1.82) is 0 Å². The number of likely N-dealkylation sites (tertiary alicyclic amines) is 1. The lowest BCUT2D eigenvalue weighted by atomic mass is 9.62. The number of nitrogens with zero attached hydrogens (tertiary/aromatic N) is 1. The summed E-state index contributed by atoms with van der Waals surface area (Å²) >= 11 is 0. The molecule has 3 nitrogen and oxygen atoms in total. The zero-order valence-corrected chi connectivity index (χ0v) is 9.05. The molecule has 0 aromatic rings. The number of carbonyl (C=O) groups is 1. The van der Waals surface area contributed by atoms with Crippen LogP contribution in [0.25, 0.3) is 0 Å². The molecule has 2 aliphatic rings. The number of hydrogen-bond acceptors (Lipinski definition) is 1. The van der Waals surface area contributed by atoms with Gasteiger partial charge in [-0.05, 0) is 31.1 Å². The fourth-order valence-corrected chi connectivity index (χ4v) is 2.67. The normalized spacial score (nSPS) is 28.6. The van der Waals surface area contributed by atoms with Crippen LogP contribution in [-0.4, -0.2) is 29.2 Å². The fraction of sp³-hybridized carbons (Fsp3) is 0.909. The highest BCUT2D eigenvalue weighted by molar-refractivity contribution is 5.66. The molecule has 1 saturated carbocycles. The van der Waals surface area contributed by atoms with Gasteiger partial charge in [-0.3, -0.25) is 0 Å². The summed E-state index contributed by atoms with van der Waals surface area (Å²) in [6.45, 7) is 6.18. The first-order chi connectivity index (χ1) is 6.43. The first kappa shape index (κ1) is 9.81. The maximum absolute atomic E-state index is 10.7. The first-order valence-corrected chi connectivity index (χ1v) is 5.41. The molecule has 0 unspecified atom stereocenters. The smallest absolute Gasteiger partial charge is 0.407 e. The van der Waals surface area contributed by atoms with E-state index in [1.54, 1.807) is 4.90 Å². The maximum Gasteiger partial charge on any atom is 0.407 e. The van der Waals surface area contributed by atoms with Gasteiger partial charge < -0.3 is 10.0 Å². The second kappa shape index (κ2) is 2.88. The van der Waals surface area contributed by atoms with Crippen LogP contribution in [0.15, 0.2) is 0 Å². The van der Waals surface area contributed by atoms with Crippen molar-refractivity contribution in [2.75, 3.05) is 13.1 Å². The van der Waals surface area contributed by atoms with E-state index in [-0.39, 0.29) is 0 Å². The van der Waals surface area contributed by atoms with Crippen LogP contribution in [0.3, 0.4) is 0 Å². The zero-order chi connectivity index (χ0) is 10.4. The molecule has 1 saturated heterocycles. The summed E-state index contributed by atoms with van der Waals surface area (Å²) in [7, 11) is 0. The van der Waals surface area contributed by atoms with Crippen molar-refractivity contribution in [3.63, 3.8) is 0 Å². The van der Waals surface area contributed by atoms with E-state index in [1.165, 1.54) is 25.7 Å². The van der Waals surface area contributed by atoms with Gasteiger partial charge in [0.2, 0.25) is 0 Å². The minimum Gasteiger partial charge on any atom is -0.465 e. The third-order valence-electron chi connectivity index (χ3n) is 3.99. The molecule has 1 aliphatic heterocycles. The first-order valence-electron chi connectivity index (χ1n) is 5.41. The highest BCUT2D eigenvalue weighted by Crippen LogP contribution is 2.49. The van der Waals surface area contributed by atoms with E-state index < -0.39 is 6.09 Å². The van der Waals surface area contributed by atoms with E-state index in [0.717, 1.165) is 13.1 Å². The van der Waals surface area contributed by atoms with Crippen molar-refractivity contribution < 1.29 is 9.90 Å². The van der Waals surface area contributed by atoms with E-state index in [4.69, 9.17) is 5.11 Å². The van der Waals surface area contributed by atoms with E-state index in [0.29, 0.717) is 10.8 Å². The van der Waals surface area contributed by atoms with E-state index in [1.807, 2.05) is 0 Å². The molecule has 1 aliphatic carbocycles. The molecule has 80 valence electrons. The minimum absolute atomic E-state index is 0.355. The summed E-state index contributed by atoms with van der Waals surface area (Å²) in [5.41, 5.74) is 0.836. The Labute approximate surface area is 85.1 Å². The molecule has 1 N–H and O–H groups in total. The molecule has 3 heteroatoms. The second-order valence-electron chi connectivity index (χ2n) is 5.80. The van der Waals surface area contributed by atoms with Crippen molar-refractivity contribution in [2.24, 2.45) is 10.8 Å². The fourth-order valence-electron chi connectivity index (χ4n) is 2.67. The summed E-state index contributed by atoms with van der Waals surface area (Å²) in [6, 6.07) is 0. The molecule has 0 bridgehead atoms. The van der Waals surface area contributed by atoms with E-state index in [9.17, 15) is 4.79 Å². The predicted octanol–water partition coefficient (Wildman–Crippen LogP) is 2.57. The number of carboxylic acid groups (broad SMARTS) is 1. The molecule has 0 radical (unpaired) electrons. The lowest BCUT2D eigenvalue weighted by Crippen LogP contribution is -2.59. The Morgan fingerprint density at radius 3 is 2.07 bits per heavy atom. The molecular weight excluding hydrogens is 178 g/mol. The Morgan fingerprint density at radius 1 is 1.14 bits per heavy atom. The average Bonchev–Trinajstić information content (AvgIpc) is 2.00. The summed E-state index contributed by atoms with van der Waals surface area (Å²) in [6.07, 6.45) is 4.18.